The quantitative estimate of drug-likeness (QED) is 0.375. The van der Waals surface area contributed by atoms with Gasteiger partial charge >= 0.3 is 0 Å². The second kappa shape index (κ2) is 8.26. The summed E-state index contributed by atoms with van der Waals surface area (Å²) < 4.78 is 10.2. The smallest absolute Gasteiger partial charge is 0.275 e. The lowest BCUT2D eigenvalue weighted by molar-refractivity contribution is -0.385. The van der Waals surface area contributed by atoms with Gasteiger partial charge in [-0.1, -0.05) is 24.3 Å². The number of nitro benzene ring substituents is 1. The summed E-state index contributed by atoms with van der Waals surface area (Å²) in [7, 11) is 2.73. The molecule has 0 aromatic heterocycles. The molecule has 0 saturated carbocycles. The zero-order valence-corrected chi connectivity index (χ0v) is 15.6. The molecule has 1 amide bonds. The lowest BCUT2D eigenvalue weighted by Crippen LogP contribution is -2.18. The second-order valence-electron chi connectivity index (χ2n) is 5.94. The van der Waals surface area contributed by atoms with Gasteiger partial charge in [-0.2, -0.15) is 5.10 Å². The molecular weight excluding hydrogens is 378 g/mol. The highest BCUT2D eigenvalue weighted by atomic mass is 16.6. The molecule has 0 atom stereocenters. The average molecular weight is 395 g/mol. The SMILES string of the molecule is COc1cc2ccccc2cc1C(=O)N/N=C/c1cc([N+](=O)[O-])cc(OC)c1O. The van der Waals surface area contributed by atoms with Crippen LogP contribution in [0.15, 0.2) is 53.6 Å². The molecule has 148 valence electrons. The number of hydrogen-bond donors (Lipinski definition) is 2. The second-order valence-corrected chi connectivity index (χ2v) is 5.94. The summed E-state index contributed by atoms with van der Waals surface area (Å²) in [6.07, 6.45) is 1.09. The fraction of sp³-hybridized carbons (Fsp3) is 0.100. The molecule has 0 spiro atoms. The first kappa shape index (κ1) is 19.6. The number of nitro groups is 1. The largest absolute Gasteiger partial charge is 0.504 e. The average Bonchev–Trinajstić information content (AvgIpc) is 2.73. The number of fused-ring (bicyclic) bond motifs is 1. The zero-order chi connectivity index (χ0) is 21.0. The number of nitrogens with one attached hydrogen (secondary N) is 1. The van der Waals surface area contributed by atoms with Crippen LogP contribution in [0.1, 0.15) is 15.9 Å². The number of carbonyl (C=O) groups excluding carboxylic acids is 1. The molecule has 0 fully saturated rings. The van der Waals surface area contributed by atoms with Crippen LogP contribution in [-0.2, 0) is 0 Å². The lowest BCUT2D eigenvalue weighted by atomic mass is 10.1. The van der Waals surface area contributed by atoms with Crippen molar-refractivity contribution in [2.75, 3.05) is 14.2 Å². The van der Waals surface area contributed by atoms with E-state index in [9.17, 15) is 20.0 Å². The predicted octanol–water partition coefficient (Wildman–Crippen LogP) is 3.23. The maximum Gasteiger partial charge on any atom is 0.275 e. The molecule has 29 heavy (non-hydrogen) atoms. The fourth-order valence-electron chi connectivity index (χ4n) is 2.76. The van der Waals surface area contributed by atoms with Gasteiger partial charge in [0, 0.05) is 11.6 Å². The molecule has 0 aliphatic heterocycles. The van der Waals surface area contributed by atoms with Crippen LogP contribution in [0, 0.1) is 10.1 Å². The molecular formula is C20H17N3O6. The van der Waals surface area contributed by atoms with Crippen LogP contribution in [0.4, 0.5) is 5.69 Å². The summed E-state index contributed by atoms with van der Waals surface area (Å²) in [4.78, 5) is 22.9. The molecule has 0 unspecified atom stereocenters. The number of non-ortho nitro benzene ring substituents is 1. The summed E-state index contributed by atoms with van der Waals surface area (Å²) in [6, 6.07) is 13.1. The van der Waals surface area contributed by atoms with E-state index >= 15 is 0 Å². The number of amides is 1. The summed E-state index contributed by atoms with van der Waals surface area (Å²) in [5.41, 5.74) is 2.32. The molecule has 0 bridgehead atoms. The minimum atomic E-state index is -0.627. The van der Waals surface area contributed by atoms with E-state index in [1.165, 1.54) is 14.2 Å². The van der Waals surface area contributed by atoms with Gasteiger partial charge in [-0.05, 0) is 22.9 Å². The van der Waals surface area contributed by atoms with E-state index in [0.29, 0.717) is 5.75 Å². The van der Waals surface area contributed by atoms with Gasteiger partial charge in [0.2, 0.25) is 0 Å². The van der Waals surface area contributed by atoms with Crippen molar-refractivity contribution in [3.8, 4) is 17.2 Å². The number of nitrogens with zero attached hydrogens (tertiary/aromatic N) is 2. The number of benzene rings is 3. The van der Waals surface area contributed by atoms with Crippen molar-refractivity contribution in [2.45, 2.75) is 0 Å². The number of hydrogen-bond acceptors (Lipinski definition) is 7. The molecule has 0 heterocycles. The molecule has 3 rings (SSSR count). The maximum atomic E-state index is 12.5. The minimum absolute atomic E-state index is 0.0156. The van der Waals surface area contributed by atoms with E-state index in [2.05, 4.69) is 10.5 Å². The molecule has 0 saturated heterocycles. The van der Waals surface area contributed by atoms with Gasteiger partial charge in [0.1, 0.15) is 5.75 Å². The number of hydrazone groups is 1. The summed E-state index contributed by atoms with van der Waals surface area (Å²) in [6.45, 7) is 0. The third-order valence-corrected chi connectivity index (χ3v) is 4.20. The van der Waals surface area contributed by atoms with Crippen LogP contribution in [0.5, 0.6) is 17.2 Å². The van der Waals surface area contributed by atoms with Crippen LogP contribution < -0.4 is 14.9 Å². The van der Waals surface area contributed by atoms with Crippen molar-refractivity contribution in [3.05, 3.63) is 69.8 Å². The summed E-state index contributed by atoms with van der Waals surface area (Å²) >= 11 is 0. The summed E-state index contributed by atoms with van der Waals surface area (Å²) in [5.74, 6) is -0.584. The normalized spacial score (nSPS) is 10.8. The van der Waals surface area contributed by atoms with Crippen molar-refractivity contribution in [1.29, 1.82) is 0 Å². The van der Waals surface area contributed by atoms with E-state index < -0.39 is 10.8 Å². The Morgan fingerprint density at radius 3 is 2.38 bits per heavy atom. The van der Waals surface area contributed by atoms with Crippen molar-refractivity contribution < 1.29 is 24.3 Å². The van der Waals surface area contributed by atoms with E-state index in [1.807, 2.05) is 24.3 Å². The predicted molar refractivity (Wildman–Crippen MR) is 107 cm³/mol. The minimum Gasteiger partial charge on any atom is -0.504 e. The van der Waals surface area contributed by atoms with Crippen LogP contribution in [-0.4, -0.2) is 36.4 Å². The molecule has 9 nitrogen and oxygen atoms in total. The molecule has 9 heteroatoms. The monoisotopic (exact) mass is 395 g/mol. The van der Waals surface area contributed by atoms with Crippen LogP contribution in [0.2, 0.25) is 0 Å². The number of carbonyl (C=O) groups is 1. The molecule has 2 N–H and O–H groups in total. The molecule has 3 aromatic carbocycles. The zero-order valence-electron chi connectivity index (χ0n) is 15.6. The highest BCUT2D eigenvalue weighted by molar-refractivity contribution is 6.02. The maximum absolute atomic E-state index is 12.5. The van der Waals surface area contributed by atoms with Gasteiger partial charge in [-0.15, -0.1) is 0 Å². The number of phenolic OH excluding ortho intramolecular Hbond substituents is 1. The van der Waals surface area contributed by atoms with Crippen molar-refractivity contribution in [1.82, 2.24) is 5.43 Å². The lowest BCUT2D eigenvalue weighted by Gasteiger charge is -2.09. The molecule has 3 aromatic rings. The number of phenols is 1. The van der Waals surface area contributed by atoms with Crippen LogP contribution in [0.25, 0.3) is 10.8 Å². The molecule has 0 aliphatic rings. The Morgan fingerprint density at radius 1 is 1.10 bits per heavy atom. The first-order valence-electron chi connectivity index (χ1n) is 8.40. The van der Waals surface area contributed by atoms with Crippen LogP contribution >= 0.6 is 0 Å². The third kappa shape index (κ3) is 4.08. The van der Waals surface area contributed by atoms with E-state index in [0.717, 1.165) is 29.1 Å². The number of aromatic hydroxyl groups is 1. The Kier molecular flexibility index (Phi) is 5.59. The molecule has 0 aliphatic carbocycles. The Hall–Kier alpha value is -4.14. The highest BCUT2D eigenvalue weighted by Crippen LogP contribution is 2.33. The molecule has 0 radical (unpaired) electrons. The number of rotatable bonds is 6. The van der Waals surface area contributed by atoms with Gasteiger partial charge in [0.05, 0.1) is 37.0 Å². The highest BCUT2D eigenvalue weighted by Gasteiger charge is 2.16. The van der Waals surface area contributed by atoms with Crippen molar-refractivity contribution in [3.63, 3.8) is 0 Å². The standard InChI is InChI=1S/C20H17N3O6/c1-28-17-9-13-6-4-3-5-12(13)8-16(17)20(25)22-21-11-14-7-15(23(26)27)10-18(29-2)19(14)24/h3-11,24H,1-2H3,(H,22,25)/b21-11+. The first-order valence-corrected chi connectivity index (χ1v) is 8.40. The Bertz CT molecular complexity index is 1130. The number of methoxy groups -OCH3 is 2. The van der Waals surface area contributed by atoms with Gasteiger partial charge in [-0.3, -0.25) is 14.9 Å². The van der Waals surface area contributed by atoms with Crippen LogP contribution in [0.3, 0.4) is 0 Å². The first-order chi connectivity index (χ1) is 13.9. The summed E-state index contributed by atoms with van der Waals surface area (Å²) in [5, 5.41) is 26.7. The van der Waals surface area contributed by atoms with E-state index in [4.69, 9.17) is 9.47 Å². The third-order valence-electron chi connectivity index (χ3n) is 4.20. The topological polar surface area (TPSA) is 123 Å². The van der Waals surface area contributed by atoms with Crippen molar-refractivity contribution >= 4 is 28.6 Å². The fourth-order valence-corrected chi connectivity index (χ4v) is 2.76. The van der Waals surface area contributed by atoms with Gasteiger partial charge in [-0.25, -0.2) is 5.43 Å². The Balaban J connectivity index is 1.88. The van der Waals surface area contributed by atoms with Gasteiger partial charge in [0.25, 0.3) is 11.6 Å². The van der Waals surface area contributed by atoms with E-state index in [-0.39, 0.29) is 28.3 Å². The number of ether oxygens (including phenoxy) is 2. The Labute approximate surface area is 165 Å². The van der Waals surface area contributed by atoms with Gasteiger partial charge in [0.15, 0.2) is 11.5 Å². The van der Waals surface area contributed by atoms with Crippen molar-refractivity contribution in [2.24, 2.45) is 5.10 Å². The Morgan fingerprint density at radius 2 is 1.76 bits per heavy atom. The van der Waals surface area contributed by atoms with Gasteiger partial charge < -0.3 is 14.6 Å². The van der Waals surface area contributed by atoms with E-state index in [1.54, 1.807) is 12.1 Å².